The second kappa shape index (κ2) is 94.7. The first-order valence-electron chi connectivity index (χ1n) is 1.23. The highest BCUT2D eigenvalue weighted by molar-refractivity contribution is 4.57. The molecule has 10 heavy (non-hydrogen) atoms. The van der Waals surface area contributed by atoms with Crippen LogP contribution in [0.15, 0.2) is 25.8 Å². The Bertz CT molecular complexity index is 41.0. The van der Waals surface area contributed by atoms with Gasteiger partial charge in [0.05, 0.1) is 0 Å². The lowest BCUT2D eigenvalue weighted by atomic mass is 11.2. The van der Waals surface area contributed by atoms with Crippen LogP contribution in [0.5, 0.6) is 0 Å². The van der Waals surface area contributed by atoms with E-state index in [9.17, 15) is 8.78 Å². The van der Waals surface area contributed by atoms with Crippen LogP contribution < -0.4 is 18.8 Å². The second-order valence-corrected chi connectivity index (χ2v) is 0.339. The molecule has 0 bridgehead atoms. The van der Waals surface area contributed by atoms with Crippen molar-refractivity contribution in [2.45, 2.75) is 0 Å². The molecule has 0 radical (unpaired) electrons. The standard InChI is InChI=1S/C2H2F2.C2H4.4FH/c1-2(3)4;1-2;;;;/h1H2;1-2H2;4*1H/p-4. The fraction of sp³-hybridized carbons (Fsp3) is 0. The first kappa shape index (κ1) is 62.9. The number of halogens is 6. The smallest absolute Gasteiger partial charge is 0.263 e. The van der Waals surface area contributed by atoms with Gasteiger partial charge in [-0.25, -0.2) is 0 Å². The van der Waals surface area contributed by atoms with E-state index in [4.69, 9.17) is 0 Å². The van der Waals surface area contributed by atoms with Crippen LogP contribution in [0.1, 0.15) is 0 Å². The maximum Gasteiger partial charge on any atom is 0.263 e. The molecule has 0 nitrogen and oxygen atoms in total. The Balaban J connectivity index is -0.00000000625. The normalized spacial score (nSPS) is 3.00. The summed E-state index contributed by atoms with van der Waals surface area (Å²) in [7, 11) is 0. The van der Waals surface area contributed by atoms with Crippen molar-refractivity contribution >= 4 is 0 Å². The van der Waals surface area contributed by atoms with Crippen LogP contribution in [0.4, 0.5) is 8.78 Å². The van der Waals surface area contributed by atoms with Crippen molar-refractivity contribution in [1.82, 2.24) is 0 Å². The Morgan fingerprint density at radius 3 is 0.800 bits per heavy atom. The highest BCUT2D eigenvalue weighted by Gasteiger charge is 1.65. The fourth-order valence-electron chi connectivity index (χ4n) is 0. The lowest BCUT2D eigenvalue weighted by Crippen LogP contribution is -3.00. The molecule has 6 heteroatoms. The summed E-state index contributed by atoms with van der Waals surface area (Å²) in [4.78, 5) is 0. The van der Waals surface area contributed by atoms with E-state index in [1.54, 1.807) is 0 Å². The zero-order valence-corrected chi connectivity index (χ0v) is 4.89. The predicted octanol–water partition coefficient (Wildman–Crippen LogP) is -9.79. The summed E-state index contributed by atoms with van der Waals surface area (Å²) in [5, 5.41) is 0. The van der Waals surface area contributed by atoms with Crippen molar-refractivity contribution in [3.63, 3.8) is 0 Å². The molecule has 0 heterocycles. The van der Waals surface area contributed by atoms with Gasteiger partial charge < -0.3 is 18.8 Å². The third-order valence-electron chi connectivity index (χ3n) is 0. The fourth-order valence-corrected chi connectivity index (χ4v) is 0. The van der Waals surface area contributed by atoms with Gasteiger partial charge in [0, 0.05) is 0 Å². The zero-order chi connectivity index (χ0) is 5.58. The van der Waals surface area contributed by atoms with Crippen molar-refractivity contribution in [3.05, 3.63) is 25.8 Å². The molecule has 0 saturated carbocycles. The molecule has 0 aromatic carbocycles. The van der Waals surface area contributed by atoms with Gasteiger partial charge in [0.1, 0.15) is 0 Å². The minimum atomic E-state index is -1.83. The molecular formula is C4H6F6-4. The quantitative estimate of drug-likeness (QED) is 0.249. The molecule has 0 aliphatic rings. The highest BCUT2D eigenvalue weighted by atomic mass is 19.3. The van der Waals surface area contributed by atoms with Crippen molar-refractivity contribution in [2.75, 3.05) is 0 Å². The van der Waals surface area contributed by atoms with E-state index in [1.807, 2.05) is 0 Å². The van der Waals surface area contributed by atoms with Gasteiger partial charge in [-0.05, 0) is 6.58 Å². The molecule has 0 saturated heterocycles. The van der Waals surface area contributed by atoms with Gasteiger partial charge in [-0.1, -0.05) is 0 Å². The molecule has 0 amide bonds. The molecule has 68 valence electrons. The van der Waals surface area contributed by atoms with Gasteiger partial charge in [0.2, 0.25) is 0 Å². The van der Waals surface area contributed by atoms with Crippen LogP contribution >= 0.6 is 0 Å². The Labute approximate surface area is 54.7 Å². The van der Waals surface area contributed by atoms with Crippen LogP contribution in [-0.4, -0.2) is 0 Å². The third kappa shape index (κ3) is 293. The van der Waals surface area contributed by atoms with Crippen LogP contribution in [0.2, 0.25) is 0 Å². The largest absolute Gasteiger partial charge is 1.00 e. The van der Waals surface area contributed by atoms with Crippen molar-refractivity contribution in [3.8, 4) is 0 Å². The van der Waals surface area contributed by atoms with Gasteiger partial charge in [0.25, 0.3) is 6.08 Å². The van der Waals surface area contributed by atoms with Crippen molar-refractivity contribution < 1.29 is 27.6 Å². The molecule has 0 aliphatic carbocycles. The van der Waals surface area contributed by atoms with E-state index in [0.29, 0.717) is 0 Å². The zero-order valence-electron chi connectivity index (χ0n) is 4.89. The van der Waals surface area contributed by atoms with E-state index in [0.717, 1.165) is 0 Å². The van der Waals surface area contributed by atoms with E-state index in [-0.39, 0.29) is 18.8 Å². The summed E-state index contributed by atoms with van der Waals surface area (Å²) in [6.45, 7) is 8.22. The van der Waals surface area contributed by atoms with E-state index in [2.05, 4.69) is 19.7 Å². The lowest BCUT2D eigenvalue weighted by Gasteiger charge is -1.54. The number of rotatable bonds is 0. The maximum absolute atomic E-state index is 10.1. The van der Waals surface area contributed by atoms with Gasteiger partial charge >= 0.3 is 0 Å². The minimum Gasteiger partial charge on any atom is -1.00 e. The second-order valence-electron chi connectivity index (χ2n) is 0.339. The SMILES string of the molecule is C=C.C=C(F)F.[F-].[F-].[F-].[F-]. The summed E-state index contributed by atoms with van der Waals surface area (Å²) in [5.74, 6) is 0. The Hall–Kier alpha value is -0.940. The van der Waals surface area contributed by atoms with Crippen LogP contribution in [0.3, 0.4) is 0 Å². The number of hydrogen-bond acceptors (Lipinski definition) is 0. The Kier molecular flexibility index (Phi) is 595. The van der Waals surface area contributed by atoms with E-state index < -0.39 is 6.08 Å². The predicted molar refractivity (Wildman–Crippen MR) is 22.6 cm³/mol. The molecule has 0 unspecified atom stereocenters. The molecular weight excluding hydrogens is 162 g/mol. The van der Waals surface area contributed by atoms with Gasteiger partial charge in [-0.15, -0.1) is 13.2 Å². The Morgan fingerprint density at radius 1 is 0.800 bits per heavy atom. The third-order valence-corrected chi connectivity index (χ3v) is 0. The number of hydrogen-bond donors (Lipinski definition) is 0. The average molecular weight is 168 g/mol. The summed E-state index contributed by atoms with van der Waals surface area (Å²) in [5.41, 5.74) is 0. The first-order valence-corrected chi connectivity index (χ1v) is 1.23. The maximum atomic E-state index is 10.1. The monoisotopic (exact) mass is 168 g/mol. The van der Waals surface area contributed by atoms with E-state index in [1.165, 1.54) is 0 Å². The summed E-state index contributed by atoms with van der Waals surface area (Å²) >= 11 is 0. The summed E-state index contributed by atoms with van der Waals surface area (Å²) in [6.07, 6.45) is -1.83. The Morgan fingerprint density at radius 2 is 0.800 bits per heavy atom. The highest BCUT2D eigenvalue weighted by Crippen LogP contribution is 1.85. The molecule has 0 rings (SSSR count). The van der Waals surface area contributed by atoms with Crippen LogP contribution in [-0.2, 0) is 0 Å². The summed E-state index contributed by atoms with van der Waals surface area (Å²) < 4.78 is 20.3. The van der Waals surface area contributed by atoms with Gasteiger partial charge in [-0.2, -0.15) is 8.78 Å². The van der Waals surface area contributed by atoms with Crippen molar-refractivity contribution in [2.24, 2.45) is 0 Å². The molecule has 0 aliphatic heterocycles. The van der Waals surface area contributed by atoms with Gasteiger partial charge in [0.15, 0.2) is 0 Å². The lowest BCUT2D eigenvalue weighted by molar-refractivity contribution is -0.00100. The summed E-state index contributed by atoms with van der Waals surface area (Å²) in [6, 6.07) is 0. The average Bonchev–Trinajstić information content (AvgIpc) is 1.41. The van der Waals surface area contributed by atoms with Gasteiger partial charge in [-0.3, -0.25) is 0 Å². The molecule has 0 aromatic rings. The molecule has 0 atom stereocenters. The molecule has 0 fully saturated rings. The first-order chi connectivity index (χ1) is 2.73. The topological polar surface area (TPSA) is 0 Å². The van der Waals surface area contributed by atoms with Crippen molar-refractivity contribution in [1.29, 1.82) is 0 Å². The molecule has 0 spiro atoms. The molecule has 0 N–H and O–H groups in total. The van der Waals surface area contributed by atoms with E-state index >= 15 is 0 Å². The van der Waals surface area contributed by atoms with Crippen LogP contribution in [0, 0.1) is 0 Å². The minimum absolute atomic E-state index is 0. The molecule has 0 aromatic heterocycles. The van der Waals surface area contributed by atoms with Crippen LogP contribution in [0.25, 0.3) is 0 Å².